The van der Waals surface area contributed by atoms with E-state index >= 15 is 0 Å². The molecule has 0 fully saturated rings. The molecule has 0 saturated carbocycles. The van der Waals surface area contributed by atoms with E-state index in [-0.39, 0.29) is 18.0 Å². The Morgan fingerprint density at radius 1 is 1.00 bits per heavy atom. The Morgan fingerprint density at radius 3 is 2.36 bits per heavy atom. The minimum Gasteiger partial charge on any atom is -0.275 e. The monoisotopic (exact) mass is 332 g/mol. The van der Waals surface area contributed by atoms with Crippen molar-refractivity contribution in [3.8, 4) is 0 Å². The summed E-state index contributed by atoms with van der Waals surface area (Å²) in [7, 11) is 0. The molecule has 2 atom stereocenters. The highest BCUT2D eigenvalue weighted by atomic mass is 16.2. The van der Waals surface area contributed by atoms with E-state index in [0.29, 0.717) is 5.95 Å². The van der Waals surface area contributed by atoms with Gasteiger partial charge in [0.1, 0.15) is 6.33 Å². The number of aryl methyl sites for hydroxylation is 1. The lowest BCUT2D eigenvalue weighted by Crippen LogP contribution is -2.41. The summed E-state index contributed by atoms with van der Waals surface area (Å²) in [4.78, 5) is 18.5. The van der Waals surface area contributed by atoms with Gasteiger partial charge in [0.05, 0.1) is 12.1 Å². The molecule has 0 aliphatic carbocycles. The quantitative estimate of drug-likeness (QED) is 0.719. The highest BCUT2D eigenvalue weighted by Crippen LogP contribution is 2.41. The molecule has 1 aromatic heterocycles. The Labute approximate surface area is 146 Å². The Bertz CT molecular complexity index is 886. The largest absolute Gasteiger partial charge is 0.275 e. The first-order valence-corrected chi connectivity index (χ1v) is 8.46. The number of hydrogen-bond acceptors (Lipinski definition) is 3. The molecule has 0 unspecified atom stereocenters. The molecule has 3 aromatic rings. The number of rotatable bonds is 2. The fourth-order valence-electron chi connectivity index (χ4n) is 3.58. The van der Waals surface area contributed by atoms with Gasteiger partial charge >= 0.3 is 0 Å². The maximum Gasteiger partial charge on any atom is 0.231 e. The maximum atomic E-state index is 12.4. The Balaban J connectivity index is 1.84. The van der Waals surface area contributed by atoms with E-state index in [4.69, 9.17) is 0 Å². The molecule has 25 heavy (non-hydrogen) atoms. The molecule has 0 radical (unpaired) electrons. The highest BCUT2D eigenvalue weighted by Gasteiger charge is 2.37. The number of nitrogens with zero attached hydrogens (tertiary/aromatic N) is 4. The van der Waals surface area contributed by atoms with Crippen LogP contribution in [0.15, 0.2) is 60.9 Å². The van der Waals surface area contributed by atoms with Crippen LogP contribution in [0.3, 0.4) is 0 Å². The van der Waals surface area contributed by atoms with Crippen LogP contribution in [0.4, 0.5) is 5.95 Å². The summed E-state index contributed by atoms with van der Waals surface area (Å²) in [5, 5.41) is 4.40. The molecule has 1 amide bonds. The summed E-state index contributed by atoms with van der Waals surface area (Å²) in [6, 6.07) is 18.7. The number of anilines is 1. The summed E-state index contributed by atoms with van der Waals surface area (Å²) in [6.07, 6.45) is 2.29. The van der Waals surface area contributed by atoms with Crippen molar-refractivity contribution in [2.75, 3.05) is 4.90 Å². The summed E-state index contributed by atoms with van der Waals surface area (Å²) in [6.45, 7) is 3.65. The normalized spacial score (nSPS) is 19.5. The molecular formula is C20H20N4O. The average molecular weight is 332 g/mol. The van der Waals surface area contributed by atoms with Crippen molar-refractivity contribution >= 4 is 11.9 Å². The number of carbonyl (C=O) groups is 1. The van der Waals surface area contributed by atoms with Gasteiger partial charge < -0.3 is 0 Å². The molecule has 1 aliphatic rings. The number of benzene rings is 2. The number of hydrogen-bond donors (Lipinski definition) is 0. The van der Waals surface area contributed by atoms with Crippen LogP contribution in [0.2, 0.25) is 0 Å². The minimum atomic E-state index is -0.0555. The van der Waals surface area contributed by atoms with Crippen LogP contribution in [-0.2, 0) is 4.79 Å². The van der Waals surface area contributed by atoms with Gasteiger partial charge in [-0.1, -0.05) is 60.2 Å². The summed E-state index contributed by atoms with van der Waals surface area (Å²) in [5.74, 6) is 0.588. The Morgan fingerprint density at radius 2 is 1.68 bits per heavy atom. The molecule has 5 nitrogen and oxygen atoms in total. The Kier molecular flexibility index (Phi) is 3.84. The zero-order valence-corrected chi connectivity index (χ0v) is 14.3. The van der Waals surface area contributed by atoms with Crippen LogP contribution in [0, 0.1) is 6.92 Å². The zero-order chi connectivity index (χ0) is 17.4. The molecule has 0 N–H and O–H groups in total. The lowest BCUT2D eigenvalue weighted by molar-refractivity contribution is -0.117. The van der Waals surface area contributed by atoms with Gasteiger partial charge in [0.25, 0.3) is 0 Å². The Hall–Kier alpha value is -2.95. The molecule has 5 heteroatoms. The molecule has 0 bridgehead atoms. The third-order valence-electron chi connectivity index (χ3n) is 4.81. The van der Waals surface area contributed by atoms with Crippen molar-refractivity contribution in [2.24, 2.45) is 0 Å². The number of amides is 1. The molecule has 2 aromatic carbocycles. The van der Waals surface area contributed by atoms with E-state index in [1.165, 1.54) is 17.5 Å². The predicted molar refractivity (Wildman–Crippen MR) is 96.3 cm³/mol. The number of aromatic nitrogens is 3. The van der Waals surface area contributed by atoms with Gasteiger partial charge in [-0.15, -0.1) is 0 Å². The number of carbonyl (C=O) groups excluding carboxylic acids is 1. The number of fused-ring (bicyclic) bond motifs is 1. The average Bonchev–Trinajstić information content (AvgIpc) is 3.11. The third-order valence-corrected chi connectivity index (χ3v) is 4.81. The third kappa shape index (κ3) is 2.71. The van der Waals surface area contributed by atoms with Crippen molar-refractivity contribution in [3.05, 3.63) is 77.6 Å². The first-order valence-electron chi connectivity index (χ1n) is 8.46. The van der Waals surface area contributed by atoms with Crippen molar-refractivity contribution < 1.29 is 4.79 Å². The molecular weight excluding hydrogens is 312 g/mol. The lowest BCUT2D eigenvalue weighted by atomic mass is 9.91. The highest BCUT2D eigenvalue weighted by molar-refractivity contribution is 5.90. The second-order valence-electron chi connectivity index (χ2n) is 6.48. The van der Waals surface area contributed by atoms with Crippen LogP contribution in [0.1, 0.15) is 42.1 Å². The summed E-state index contributed by atoms with van der Waals surface area (Å²) >= 11 is 0. The van der Waals surface area contributed by atoms with Gasteiger partial charge in [0, 0.05) is 6.92 Å². The molecule has 1 aliphatic heterocycles. The second-order valence-corrected chi connectivity index (χ2v) is 6.48. The first-order chi connectivity index (χ1) is 12.1. The maximum absolute atomic E-state index is 12.4. The van der Waals surface area contributed by atoms with E-state index in [1.807, 2.05) is 22.9 Å². The predicted octanol–water partition coefficient (Wildman–Crippen LogP) is 3.67. The molecule has 4 rings (SSSR count). The van der Waals surface area contributed by atoms with Gasteiger partial charge in [0.15, 0.2) is 0 Å². The van der Waals surface area contributed by atoms with Gasteiger partial charge in [-0.05, 0) is 24.5 Å². The van der Waals surface area contributed by atoms with E-state index < -0.39 is 0 Å². The van der Waals surface area contributed by atoms with Crippen molar-refractivity contribution in [1.29, 1.82) is 0 Å². The van der Waals surface area contributed by atoms with Gasteiger partial charge in [-0.25, -0.2) is 4.68 Å². The second kappa shape index (κ2) is 6.16. The summed E-state index contributed by atoms with van der Waals surface area (Å²) in [5.41, 5.74) is 3.50. The molecule has 2 heterocycles. The fourth-order valence-corrected chi connectivity index (χ4v) is 3.58. The van der Waals surface area contributed by atoms with E-state index in [9.17, 15) is 4.79 Å². The van der Waals surface area contributed by atoms with Crippen LogP contribution in [0.5, 0.6) is 0 Å². The molecule has 126 valence electrons. The van der Waals surface area contributed by atoms with Crippen molar-refractivity contribution in [2.45, 2.75) is 32.4 Å². The standard InChI is InChI=1S/C20H20N4O/c1-14-8-10-17(11-9-14)18-12-19(16-6-4-3-5-7-16)24-20(21-13-22-24)23(18)15(2)25/h3-11,13,18-19H,12H2,1-2H3/t18-,19-/m0/s1. The first kappa shape index (κ1) is 15.6. The van der Waals surface area contributed by atoms with Gasteiger partial charge in [0.2, 0.25) is 11.9 Å². The molecule has 0 saturated heterocycles. The van der Waals surface area contributed by atoms with Crippen LogP contribution < -0.4 is 4.90 Å². The van der Waals surface area contributed by atoms with Crippen LogP contribution in [-0.4, -0.2) is 20.7 Å². The van der Waals surface area contributed by atoms with E-state index in [1.54, 1.807) is 11.8 Å². The van der Waals surface area contributed by atoms with Crippen molar-refractivity contribution in [1.82, 2.24) is 14.8 Å². The van der Waals surface area contributed by atoms with E-state index in [0.717, 1.165) is 12.0 Å². The zero-order valence-electron chi connectivity index (χ0n) is 14.3. The smallest absolute Gasteiger partial charge is 0.231 e. The minimum absolute atomic E-state index is 0.0219. The molecule has 0 spiro atoms. The van der Waals surface area contributed by atoms with Crippen LogP contribution >= 0.6 is 0 Å². The fraction of sp³-hybridized carbons (Fsp3) is 0.250. The van der Waals surface area contributed by atoms with E-state index in [2.05, 4.69) is 53.4 Å². The summed E-state index contributed by atoms with van der Waals surface area (Å²) < 4.78 is 1.86. The lowest BCUT2D eigenvalue weighted by Gasteiger charge is -2.38. The van der Waals surface area contributed by atoms with Crippen molar-refractivity contribution in [3.63, 3.8) is 0 Å². The van der Waals surface area contributed by atoms with Crippen LogP contribution in [0.25, 0.3) is 0 Å². The topological polar surface area (TPSA) is 51.0 Å². The van der Waals surface area contributed by atoms with Gasteiger partial charge in [-0.2, -0.15) is 10.1 Å². The SMILES string of the molecule is CC(=O)N1c2ncnn2[C@H](c2ccccc2)C[C@H]1c1ccc(C)cc1. The van der Waals surface area contributed by atoms with Gasteiger partial charge in [-0.3, -0.25) is 9.69 Å².